The Morgan fingerprint density at radius 2 is 1.76 bits per heavy atom. The maximum Gasteiger partial charge on any atom is 0.138 e. The third kappa shape index (κ3) is 3.08. The van der Waals surface area contributed by atoms with Gasteiger partial charge in [0.05, 0.1) is 17.6 Å². The molecule has 0 radical (unpaired) electrons. The van der Waals surface area contributed by atoms with Crippen LogP contribution in [-0.4, -0.2) is 21.3 Å². The van der Waals surface area contributed by atoms with Crippen molar-refractivity contribution in [3.8, 4) is 5.75 Å². The van der Waals surface area contributed by atoms with Crippen molar-refractivity contribution in [1.29, 1.82) is 0 Å². The molecule has 4 aromatic rings. The molecule has 0 aliphatic rings. The number of nitrogens with zero attached hydrogens (tertiary/aromatic N) is 2. The number of benzene rings is 3. The highest BCUT2D eigenvalue weighted by Gasteiger charge is 2.14. The molecule has 4 heteroatoms. The minimum atomic E-state index is -0.618. The van der Waals surface area contributed by atoms with Gasteiger partial charge in [0.2, 0.25) is 0 Å². The van der Waals surface area contributed by atoms with Crippen molar-refractivity contribution in [2.75, 3.05) is 6.61 Å². The Labute approximate surface area is 146 Å². The Morgan fingerprint density at radius 1 is 1.00 bits per heavy atom. The summed E-state index contributed by atoms with van der Waals surface area (Å²) < 4.78 is 7.97. The summed E-state index contributed by atoms with van der Waals surface area (Å²) in [4.78, 5) is 4.54. The first kappa shape index (κ1) is 15.7. The van der Waals surface area contributed by atoms with E-state index in [-0.39, 0.29) is 0 Å². The van der Waals surface area contributed by atoms with E-state index >= 15 is 0 Å². The molecule has 25 heavy (non-hydrogen) atoms. The van der Waals surface area contributed by atoms with E-state index in [2.05, 4.69) is 29.2 Å². The van der Waals surface area contributed by atoms with Crippen molar-refractivity contribution < 1.29 is 9.84 Å². The lowest BCUT2D eigenvalue weighted by Gasteiger charge is -2.12. The van der Waals surface area contributed by atoms with E-state index < -0.39 is 6.10 Å². The van der Waals surface area contributed by atoms with E-state index in [4.69, 9.17) is 4.74 Å². The van der Waals surface area contributed by atoms with Crippen LogP contribution in [-0.2, 0) is 6.54 Å². The number of para-hydroxylation sites is 2. The average molecular weight is 332 g/mol. The van der Waals surface area contributed by atoms with Crippen molar-refractivity contribution in [3.05, 3.63) is 72.6 Å². The van der Waals surface area contributed by atoms with E-state index in [9.17, 15) is 5.11 Å². The summed E-state index contributed by atoms with van der Waals surface area (Å²) in [6.45, 7) is 2.88. The van der Waals surface area contributed by atoms with E-state index in [0.717, 1.165) is 22.2 Å². The lowest BCUT2D eigenvalue weighted by Crippen LogP contribution is -2.12. The maximum atomic E-state index is 10.0. The van der Waals surface area contributed by atoms with Crippen LogP contribution in [0.3, 0.4) is 0 Å². The first-order chi connectivity index (χ1) is 12.2. The number of aliphatic hydroxyl groups excluding tert-OH is 1. The molecule has 1 aromatic heterocycles. The highest BCUT2D eigenvalue weighted by Crippen LogP contribution is 2.22. The Hall–Kier alpha value is -2.85. The predicted molar refractivity (Wildman–Crippen MR) is 99.8 cm³/mol. The highest BCUT2D eigenvalue weighted by atomic mass is 16.5. The topological polar surface area (TPSA) is 47.3 Å². The van der Waals surface area contributed by atoms with Crippen LogP contribution in [0.2, 0.25) is 0 Å². The fourth-order valence-electron chi connectivity index (χ4n) is 3.16. The molecule has 0 aliphatic heterocycles. The van der Waals surface area contributed by atoms with Gasteiger partial charge in [0.15, 0.2) is 0 Å². The Balaban J connectivity index is 1.54. The van der Waals surface area contributed by atoms with Crippen molar-refractivity contribution in [3.63, 3.8) is 0 Å². The standard InChI is InChI=1S/C21H20N2O2/c1-15(24)21-22-19-8-4-5-9-20(19)23(21)12-13-25-18-11-10-16-6-2-3-7-17(16)14-18/h2-11,14-15,24H,12-13H2,1H3. The molecule has 1 heterocycles. The molecule has 0 bridgehead atoms. The number of aromatic nitrogens is 2. The number of rotatable bonds is 5. The molecule has 0 spiro atoms. The van der Waals surface area contributed by atoms with Gasteiger partial charge in [-0.1, -0.05) is 42.5 Å². The van der Waals surface area contributed by atoms with Crippen molar-refractivity contribution in [2.45, 2.75) is 19.6 Å². The minimum Gasteiger partial charge on any atom is -0.492 e. The first-order valence-electron chi connectivity index (χ1n) is 8.47. The van der Waals surface area contributed by atoms with Gasteiger partial charge in [-0.25, -0.2) is 4.98 Å². The van der Waals surface area contributed by atoms with Gasteiger partial charge < -0.3 is 14.4 Å². The third-order valence-corrected chi connectivity index (χ3v) is 4.36. The molecule has 3 aromatic carbocycles. The van der Waals surface area contributed by atoms with Gasteiger partial charge in [0.25, 0.3) is 0 Å². The fourth-order valence-corrected chi connectivity index (χ4v) is 3.16. The molecule has 0 amide bonds. The van der Waals surface area contributed by atoms with Crippen LogP contribution >= 0.6 is 0 Å². The van der Waals surface area contributed by atoms with Gasteiger partial charge in [-0.15, -0.1) is 0 Å². The molecule has 1 atom stereocenters. The molecule has 4 rings (SSSR count). The van der Waals surface area contributed by atoms with Gasteiger partial charge in [0.1, 0.15) is 24.3 Å². The summed E-state index contributed by atoms with van der Waals surface area (Å²) in [6.07, 6.45) is -0.618. The number of ether oxygens (including phenoxy) is 1. The number of aliphatic hydroxyl groups is 1. The zero-order valence-corrected chi connectivity index (χ0v) is 14.1. The van der Waals surface area contributed by atoms with Crippen LogP contribution in [0, 0.1) is 0 Å². The fraction of sp³-hybridized carbons (Fsp3) is 0.190. The number of hydrogen-bond acceptors (Lipinski definition) is 3. The van der Waals surface area contributed by atoms with E-state index in [1.165, 1.54) is 5.39 Å². The van der Waals surface area contributed by atoms with Crippen LogP contribution in [0.15, 0.2) is 66.7 Å². The molecule has 1 N–H and O–H groups in total. The van der Waals surface area contributed by atoms with E-state index in [1.807, 2.05) is 47.0 Å². The lowest BCUT2D eigenvalue weighted by molar-refractivity contribution is 0.181. The highest BCUT2D eigenvalue weighted by molar-refractivity contribution is 5.83. The zero-order valence-electron chi connectivity index (χ0n) is 14.1. The van der Waals surface area contributed by atoms with Gasteiger partial charge >= 0.3 is 0 Å². The summed E-state index contributed by atoms with van der Waals surface area (Å²) in [5.41, 5.74) is 1.91. The quantitative estimate of drug-likeness (QED) is 0.592. The first-order valence-corrected chi connectivity index (χ1v) is 8.47. The maximum absolute atomic E-state index is 10.0. The largest absolute Gasteiger partial charge is 0.492 e. The van der Waals surface area contributed by atoms with E-state index in [1.54, 1.807) is 6.92 Å². The van der Waals surface area contributed by atoms with Crippen LogP contribution in [0.4, 0.5) is 0 Å². The van der Waals surface area contributed by atoms with Crippen LogP contribution < -0.4 is 4.74 Å². The second-order valence-corrected chi connectivity index (χ2v) is 6.14. The molecular formula is C21H20N2O2. The van der Waals surface area contributed by atoms with Gasteiger partial charge in [-0.2, -0.15) is 0 Å². The predicted octanol–water partition coefficient (Wildman–Crippen LogP) is 4.32. The zero-order chi connectivity index (χ0) is 17.2. The van der Waals surface area contributed by atoms with Crippen molar-refractivity contribution in [2.24, 2.45) is 0 Å². The van der Waals surface area contributed by atoms with Gasteiger partial charge in [-0.05, 0) is 42.0 Å². The summed E-state index contributed by atoms with van der Waals surface area (Å²) in [5, 5.41) is 12.4. The molecule has 4 nitrogen and oxygen atoms in total. The van der Waals surface area contributed by atoms with Gasteiger partial charge in [-0.3, -0.25) is 0 Å². The third-order valence-electron chi connectivity index (χ3n) is 4.36. The van der Waals surface area contributed by atoms with E-state index in [0.29, 0.717) is 19.0 Å². The lowest BCUT2D eigenvalue weighted by atomic mass is 10.1. The van der Waals surface area contributed by atoms with Gasteiger partial charge in [0, 0.05) is 0 Å². The summed E-state index contributed by atoms with van der Waals surface area (Å²) in [5.74, 6) is 1.52. The second-order valence-electron chi connectivity index (χ2n) is 6.14. The molecule has 1 unspecified atom stereocenters. The smallest absolute Gasteiger partial charge is 0.138 e. The van der Waals surface area contributed by atoms with Crippen LogP contribution in [0.25, 0.3) is 21.8 Å². The number of hydrogen-bond donors (Lipinski definition) is 1. The number of fused-ring (bicyclic) bond motifs is 2. The molecule has 0 saturated heterocycles. The Kier molecular flexibility index (Phi) is 4.12. The molecular weight excluding hydrogens is 312 g/mol. The summed E-state index contributed by atoms with van der Waals surface area (Å²) in [7, 11) is 0. The SMILES string of the molecule is CC(O)c1nc2ccccc2n1CCOc1ccc2ccccc2c1. The average Bonchev–Trinajstić information content (AvgIpc) is 3.01. The minimum absolute atomic E-state index is 0.512. The number of imidazole rings is 1. The summed E-state index contributed by atoms with van der Waals surface area (Å²) in [6, 6.07) is 22.3. The molecule has 126 valence electrons. The van der Waals surface area contributed by atoms with Crippen LogP contribution in [0.1, 0.15) is 18.9 Å². The van der Waals surface area contributed by atoms with Crippen molar-refractivity contribution in [1.82, 2.24) is 9.55 Å². The van der Waals surface area contributed by atoms with Crippen molar-refractivity contribution >= 4 is 21.8 Å². The monoisotopic (exact) mass is 332 g/mol. The molecule has 0 aliphatic carbocycles. The van der Waals surface area contributed by atoms with Crippen LogP contribution in [0.5, 0.6) is 5.75 Å². The Bertz CT molecular complexity index is 1020. The Morgan fingerprint density at radius 3 is 2.60 bits per heavy atom. The normalized spacial score (nSPS) is 12.6. The summed E-state index contributed by atoms with van der Waals surface area (Å²) >= 11 is 0. The second kappa shape index (κ2) is 6.57. The molecule has 0 saturated carbocycles. The molecule has 0 fully saturated rings.